The minimum atomic E-state index is -0.604. The zero-order chi connectivity index (χ0) is 15.9. The number of piperazine rings is 1. The van der Waals surface area contributed by atoms with Crippen LogP contribution in [0.3, 0.4) is 0 Å². The van der Waals surface area contributed by atoms with E-state index in [-0.39, 0.29) is 0 Å². The third-order valence-electron chi connectivity index (χ3n) is 3.71. The van der Waals surface area contributed by atoms with Crippen molar-refractivity contribution >= 4 is 29.1 Å². The fourth-order valence-corrected chi connectivity index (χ4v) is 2.53. The Balaban J connectivity index is 1.70. The molecular formula is C15H21ClN4O2. The SMILES string of the molecule is CNC(=O)C(=O)NCCN1CCN(c2ccc(Cl)cc2)CC1. The number of halogens is 1. The van der Waals surface area contributed by atoms with Crippen molar-refractivity contribution in [3.05, 3.63) is 29.3 Å². The van der Waals surface area contributed by atoms with Gasteiger partial charge < -0.3 is 15.5 Å². The molecule has 0 spiro atoms. The smallest absolute Gasteiger partial charge is 0.309 e. The molecule has 1 heterocycles. The first-order valence-corrected chi connectivity index (χ1v) is 7.70. The van der Waals surface area contributed by atoms with Crippen molar-refractivity contribution in [2.45, 2.75) is 0 Å². The van der Waals surface area contributed by atoms with Gasteiger partial charge in [0.1, 0.15) is 0 Å². The van der Waals surface area contributed by atoms with E-state index in [0.717, 1.165) is 37.7 Å². The summed E-state index contributed by atoms with van der Waals surface area (Å²) < 4.78 is 0. The number of likely N-dealkylation sites (N-methyl/N-ethyl adjacent to an activating group) is 1. The van der Waals surface area contributed by atoms with Crippen molar-refractivity contribution in [1.82, 2.24) is 15.5 Å². The molecule has 22 heavy (non-hydrogen) atoms. The van der Waals surface area contributed by atoms with Gasteiger partial charge in [-0.05, 0) is 24.3 Å². The van der Waals surface area contributed by atoms with Crippen LogP contribution in [-0.2, 0) is 9.59 Å². The molecule has 2 amide bonds. The molecule has 2 N–H and O–H groups in total. The van der Waals surface area contributed by atoms with Crippen LogP contribution in [0.25, 0.3) is 0 Å². The topological polar surface area (TPSA) is 64.7 Å². The second-order valence-electron chi connectivity index (χ2n) is 5.14. The Bertz CT molecular complexity index is 513. The lowest BCUT2D eigenvalue weighted by Gasteiger charge is -2.36. The van der Waals surface area contributed by atoms with E-state index in [2.05, 4.69) is 20.4 Å². The van der Waals surface area contributed by atoms with Crippen molar-refractivity contribution in [3.63, 3.8) is 0 Å². The third-order valence-corrected chi connectivity index (χ3v) is 3.96. The summed E-state index contributed by atoms with van der Waals surface area (Å²) in [5.74, 6) is -1.19. The standard InChI is InChI=1S/C15H21ClN4O2/c1-17-14(21)15(22)18-6-7-19-8-10-20(11-9-19)13-4-2-12(16)3-5-13/h2-5H,6-11H2,1H3,(H,17,21)(H,18,22). The van der Waals surface area contributed by atoms with Gasteiger partial charge in [-0.3, -0.25) is 14.5 Å². The highest BCUT2D eigenvalue weighted by molar-refractivity contribution is 6.35. The summed E-state index contributed by atoms with van der Waals surface area (Å²) >= 11 is 5.90. The van der Waals surface area contributed by atoms with Crippen LogP contribution < -0.4 is 15.5 Å². The second-order valence-corrected chi connectivity index (χ2v) is 5.58. The maximum absolute atomic E-state index is 11.3. The molecule has 0 radical (unpaired) electrons. The fraction of sp³-hybridized carbons (Fsp3) is 0.467. The molecular weight excluding hydrogens is 304 g/mol. The van der Waals surface area contributed by atoms with Gasteiger partial charge in [0.2, 0.25) is 0 Å². The highest BCUT2D eigenvalue weighted by Crippen LogP contribution is 2.19. The summed E-state index contributed by atoms with van der Waals surface area (Å²) in [6.45, 7) is 4.96. The first-order valence-electron chi connectivity index (χ1n) is 7.33. The van der Waals surface area contributed by atoms with Crippen LogP contribution in [0.2, 0.25) is 5.02 Å². The minimum absolute atomic E-state index is 0.479. The summed E-state index contributed by atoms with van der Waals surface area (Å²) in [4.78, 5) is 27.0. The van der Waals surface area contributed by atoms with Crippen LogP contribution in [0.4, 0.5) is 5.69 Å². The van der Waals surface area contributed by atoms with E-state index in [4.69, 9.17) is 11.6 Å². The number of carbonyl (C=O) groups excluding carboxylic acids is 2. The summed E-state index contributed by atoms with van der Waals surface area (Å²) in [6.07, 6.45) is 0. The van der Waals surface area contributed by atoms with Gasteiger partial charge >= 0.3 is 11.8 Å². The molecule has 1 saturated heterocycles. The molecule has 0 bridgehead atoms. The van der Waals surface area contributed by atoms with Crippen molar-refractivity contribution in [3.8, 4) is 0 Å². The van der Waals surface area contributed by atoms with Crippen molar-refractivity contribution in [2.75, 3.05) is 51.2 Å². The fourth-order valence-electron chi connectivity index (χ4n) is 2.40. The molecule has 6 nitrogen and oxygen atoms in total. The number of hydrogen-bond acceptors (Lipinski definition) is 4. The van der Waals surface area contributed by atoms with Gasteiger partial charge in [-0.15, -0.1) is 0 Å². The van der Waals surface area contributed by atoms with E-state index >= 15 is 0 Å². The Hall–Kier alpha value is -1.79. The van der Waals surface area contributed by atoms with Crippen LogP contribution in [0.1, 0.15) is 0 Å². The Morgan fingerprint density at radius 2 is 1.73 bits per heavy atom. The first kappa shape index (κ1) is 16.6. The summed E-state index contributed by atoms with van der Waals surface area (Å²) in [5.41, 5.74) is 1.18. The number of nitrogens with zero attached hydrogens (tertiary/aromatic N) is 2. The molecule has 0 atom stereocenters. The van der Waals surface area contributed by atoms with Gasteiger partial charge in [0.15, 0.2) is 0 Å². The van der Waals surface area contributed by atoms with E-state index in [1.165, 1.54) is 12.7 Å². The monoisotopic (exact) mass is 324 g/mol. The molecule has 2 rings (SSSR count). The second kappa shape index (κ2) is 8.00. The van der Waals surface area contributed by atoms with E-state index in [9.17, 15) is 9.59 Å². The zero-order valence-electron chi connectivity index (χ0n) is 12.6. The highest BCUT2D eigenvalue weighted by Gasteiger charge is 2.17. The van der Waals surface area contributed by atoms with Crippen molar-refractivity contribution < 1.29 is 9.59 Å². The molecule has 7 heteroatoms. The Labute approximate surface area is 135 Å². The summed E-state index contributed by atoms with van der Waals surface area (Å²) in [6, 6.07) is 7.86. The highest BCUT2D eigenvalue weighted by atomic mass is 35.5. The largest absolute Gasteiger partial charge is 0.369 e. The van der Waals surface area contributed by atoms with Crippen LogP contribution in [0.5, 0.6) is 0 Å². The number of rotatable bonds is 4. The lowest BCUT2D eigenvalue weighted by Crippen LogP contribution is -2.49. The predicted octanol–water partition coefficient (Wildman–Crippen LogP) is 0.324. The van der Waals surface area contributed by atoms with Crippen LogP contribution >= 0.6 is 11.6 Å². The Kier molecular flexibility index (Phi) is 6.03. The molecule has 0 aromatic heterocycles. The minimum Gasteiger partial charge on any atom is -0.369 e. The van der Waals surface area contributed by atoms with Gasteiger partial charge in [-0.25, -0.2) is 0 Å². The molecule has 0 aliphatic carbocycles. The summed E-state index contributed by atoms with van der Waals surface area (Å²) in [7, 11) is 1.44. The quantitative estimate of drug-likeness (QED) is 0.783. The molecule has 1 aliphatic heterocycles. The van der Waals surface area contributed by atoms with Gasteiger partial charge in [0.05, 0.1) is 0 Å². The Morgan fingerprint density at radius 1 is 1.09 bits per heavy atom. The van der Waals surface area contributed by atoms with Crippen LogP contribution in [-0.4, -0.2) is 63.0 Å². The lowest BCUT2D eigenvalue weighted by atomic mass is 10.2. The van der Waals surface area contributed by atoms with E-state index < -0.39 is 11.8 Å². The summed E-state index contributed by atoms with van der Waals surface area (Å²) in [5, 5.41) is 5.65. The Morgan fingerprint density at radius 3 is 2.32 bits per heavy atom. The molecule has 120 valence electrons. The molecule has 0 saturated carbocycles. The number of hydrogen-bond donors (Lipinski definition) is 2. The molecule has 1 aromatic rings. The number of amides is 2. The lowest BCUT2D eigenvalue weighted by molar-refractivity contribution is -0.138. The van der Waals surface area contributed by atoms with Gasteiger partial charge in [0.25, 0.3) is 0 Å². The molecule has 1 fully saturated rings. The first-order chi connectivity index (χ1) is 10.6. The number of anilines is 1. The molecule has 0 unspecified atom stereocenters. The van der Waals surface area contributed by atoms with E-state index in [1.807, 2.05) is 24.3 Å². The van der Waals surface area contributed by atoms with Crippen LogP contribution in [0, 0.1) is 0 Å². The maximum atomic E-state index is 11.3. The maximum Gasteiger partial charge on any atom is 0.309 e. The van der Waals surface area contributed by atoms with Crippen LogP contribution in [0.15, 0.2) is 24.3 Å². The molecule has 1 aliphatic rings. The van der Waals surface area contributed by atoms with E-state index in [0.29, 0.717) is 6.54 Å². The van der Waals surface area contributed by atoms with Crippen molar-refractivity contribution in [1.29, 1.82) is 0 Å². The van der Waals surface area contributed by atoms with Gasteiger partial charge in [-0.2, -0.15) is 0 Å². The number of carbonyl (C=O) groups is 2. The molecule has 1 aromatic carbocycles. The predicted molar refractivity (Wildman–Crippen MR) is 87.2 cm³/mol. The van der Waals surface area contributed by atoms with Crippen molar-refractivity contribution in [2.24, 2.45) is 0 Å². The normalized spacial score (nSPS) is 15.5. The average molecular weight is 325 g/mol. The zero-order valence-corrected chi connectivity index (χ0v) is 13.4. The number of nitrogens with one attached hydrogen (secondary N) is 2. The van der Waals surface area contributed by atoms with Gasteiger partial charge in [0, 0.05) is 57.0 Å². The average Bonchev–Trinajstić information content (AvgIpc) is 2.55. The van der Waals surface area contributed by atoms with Gasteiger partial charge in [-0.1, -0.05) is 11.6 Å². The third kappa shape index (κ3) is 4.61. The van der Waals surface area contributed by atoms with E-state index in [1.54, 1.807) is 0 Å². The number of benzene rings is 1.